The Hall–Kier alpha value is -1.10. The summed E-state index contributed by atoms with van der Waals surface area (Å²) in [6.07, 6.45) is 2.11. The lowest BCUT2D eigenvalue weighted by Gasteiger charge is -2.15. The molecule has 0 radical (unpaired) electrons. The van der Waals surface area contributed by atoms with Crippen molar-refractivity contribution >= 4 is 11.8 Å². The van der Waals surface area contributed by atoms with Crippen LogP contribution in [-0.4, -0.2) is 42.9 Å². The van der Waals surface area contributed by atoms with Gasteiger partial charge < -0.3 is 16.0 Å². The van der Waals surface area contributed by atoms with Crippen LogP contribution in [0.1, 0.15) is 12.8 Å². The Morgan fingerprint density at radius 2 is 2.15 bits per heavy atom. The van der Waals surface area contributed by atoms with Crippen LogP contribution in [0, 0.1) is 0 Å². The van der Waals surface area contributed by atoms with Crippen LogP contribution in [0.5, 0.6) is 0 Å². The number of carbonyl (C=O) groups excluding carboxylic acids is 2. The maximum Gasteiger partial charge on any atom is 0.239 e. The second-order valence-electron chi connectivity index (χ2n) is 3.30. The van der Waals surface area contributed by atoms with Gasteiger partial charge in [-0.3, -0.25) is 9.59 Å². The molecule has 0 aromatic heterocycles. The summed E-state index contributed by atoms with van der Waals surface area (Å²) < 4.78 is 0. The Balaban J connectivity index is 2.21. The molecule has 3 N–H and O–H groups in total. The molecule has 1 fully saturated rings. The molecule has 1 saturated carbocycles. The summed E-state index contributed by atoms with van der Waals surface area (Å²) in [4.78, 5) is 23.5. The second kappa shape index (κ2) is 4.23. The molecule has 5 nitrogen and oxygen atoms in total. The highest BCUT2D eigenvalue weighted by molar-refractivity contribution is 5.85. The summed E-state index contributed by atoms with van der Waals surface area (Å²) in [6.45, 7) is 0.0553. The summed E-state index contributed by atoms with van der Waals surface area (Å²) >= 11 is 0. The standard InChI is InChI=1S/C8H15N3O2/c1-11(8(13)4-9)5-7(12)10-6-2-3-6/h6H,2-5,9H2,1H3,(H,10,12). The number of nitrogens with two attached hydrogens (primary N) is 1. The van der Waals surface area contributed by atoms with Gasteiger partial charge in [-0.25, -0.2) is 0 Å². The quantitative estimate of drug-likeness (QED) is 0.570. The van der Waals surface area contributed by atoms with Crippen LogP contribution in [0.25, 0.3) is 0 Å². The van der Waals surface area contributed by atoms with Crippen LogP contribution in [0.2, 0.25) is 0 Å². The maximum atomic E-state index is 11.2. The van der Waals surface area contributed by atoms with Gasteiger partial charge in [0.05, 0.1) is 13.1 Å². The van der Waals surface area contributed by atoms with E-state index in [1.165, 1.54) is 4.90 Å². The minimum Gasteiger partial charge on any atom is -0.352 e. The predicted molar refractivity (Wildman–Crippen MR) is 47.9 cm³/mol. The molecule has 2 amide bonds. The molecule has 0 spiro atoms. The van der Waals surface area contributed by atoms with Crippen molar-refractivity contribution in [2.75, 3.05) is 20.1 Å². The van der Waals surface area contributed by atoms with Crippen molar-refractivity contribution in [3.05, 3.63) is 0 Å². The molecule has 0 unspecified atom stereocenters. The molecule has 0 saturated heterocycles. The largest absolute Gasteiger partial charge is 0.352 e. The topological polar surface area (TPSA) is 75.4 Å². The number of amides is 2. The van der Waals surface area contributed by atoms with Gasteiger partial charge in [-0.1, -0.05) is 0 Å². The van der Waals surface area contributed by atoms with Crippen LogP contribution < -0.4 is 11.1 Å². The second-order valence-corrected chi connectivity index (χ2v) is 3.30. The van der Waals surface area contributed by atoms with Crippen molar-refractivity contribution in [3.8, 4) is 0 Å². The number of nitrogens with zero attached hydrogens (tertiary/aromatic N) is 1. The number of rotatable bonds is 4. The van der Waals surface area contributed by atoms with Crippen LogP contribution in [0.4, 0.5) is 0 Å². The summed E-state index contributed by atoms with van der Waals surface area (Å²) in [6, 6.07) is 0.342. The van der Waals surface area contributed by atoms with Gasteiger partial charge in [-0.05, 0) is 12.8 Å². The molecule has 13 heavy (non-hydrogen) atoms. The van der Waals surface area contributed by atoms with Crippen LogP contribution in [0.3, 0.4) is 0 Å². The van der Waals surface area contributed by atoms with Gasteiger partial charge in [-0.15, -0.1) is 0 Å². The zero-order valence-electron chi connectivity index (χ0n) is 7.75. The fourth-order valence-corrected chi connectivity index (χ4v) is 0.960. The third-order valence-corrected chi connectivity index (χ3v) is 1.92. The fraction of sp³-hybridized carbons (Fsp3) is 0.750. The molecule has 74 valence electrons. The Kier molecular flexibility index (Phi) is 3.25. The van der Waals surface area contributed by atoms with E-state index >= 15 is 0 Å². The Morgan fingerprint density at radius 3 is 2.62 bits per heavy atom. The Morgan fingerprint density at radius 1 is 1.54 bits per heavy atom. The lowest BCUT2D eigenvalue weighted by molar-refractivity contribution is -0.133. The third kappa shape index (κ3) is 3.42. The lowest BCUT2D eigenvalue weighted by Crippen LogP contribution is -2.41. The maximum absolute atomic E-state index is 11.2. The van der Waals surface area contributed by atoms with E-state index in [2.05, 4.69) is 5.32 Å². The lowest BCUT2D eigenvalue weighted by atomic mass is 10.4. The molecule has 1 aliphatic carbocycles. The summed E-state index contributed by atoms with van der Waals surface area (Å²) in [5.74, 6) is -0.322. The van der Waals surface area contributed by atoms with Crippen molar-refractivity contribution < 1.29 is 9.59 Å². The number of carbonyl (C=O) groups is 2. The SMILES string of the molecule is CN(CC(=O)NC1CC1)C(=O)CN. The number of nitrogens with one attached hydrogen (secondary N) is 1. The summed E-state index contributed by atoms with van der Waals surface area (Å²) in [7, 11) is 1.57. The van der Waals surface area contributed by atoms with Crippen molar-refractivity contribution in [1.29, 1.82) is 0 Å². The van der Waals surface area contributed by atoms with Gasteiger partial charge >= 0.3 is 0 Å². The monoisotopic (exact) mass is 185 g/mol. The van der Waals surface area contributed by atoms with E-state index in [1.54, 1.807) is 7.05 Å². The predicted octanol–water partition coefficient (Wildman–Crippen LogP) is -1.32. The summed E-state index contributed by atoms with van der Waals surface area (Å²) in [5.41, 5.74) is 5.14. The molecule has 0 aromatic carbocycles. The molecule has 0 heterocycles. The van der Waals surface area contributed by atoms with Crippen LogP contribution in [-0.2, 0) is 9.59 Å². The van der Waals surface area contributed by atoms with Gasteiger partial charge in [0.1, 0.15) is 0 Å². The average molecular weight is 185 g/mol. The molecule has 0 aliphatic heterocycles. The molecule has 5 heteroatoms. The van der Waals surface area contributed by atoms with Crippen molar-refractivity contribution in [1.82, 2.24) is 10.2 Å². The highest BCUT2D eigenvalue weighted by Crippen LogP contribution is 2.18. The van der Waals surface area contributed by atoms with E-state index in [4.69, 9.17) is 5.73 Å². The van der Waals surface area contributed by atoms with Gasteiger partial charge in [0.15, 0.2) is 0 Å². The van der Waals surface area contributed by atoms with E-state index in [0.717, 1.165) is 12.8 Å². The first-order chi connectivity index (χ1) is 6.13. The van der Waals surface area contributed by atoms with Crippen LogP contribution >= 0.6 is 0 Å². The van der Waals surface area contributed by atoms with Crippen molar-refractivity contribution in [3.63, 3.8) is 0 Å². The normalized spacial score (nSPS) is 15.2. The molecular weight excluding hydrogens is 170 g/mol. The zero-order valence-corrected chi connectivity index (χ0v) is 7.75. The van der Waals surface area contributed by atoms with Crippen molar-refractivity contribution in [2.45, 2.75) is 18.9 Å². The molecule has 0 bridgehead atoms. The first kappa shape index (κ1) is 9.98. The van der Waals surface area contributed by atoms with Gasteiger partial charge in [0, 0.05) is 13.1 Å². The minimum atomic E-state index is -0.217. The van der Waals surface area contributed by atoms with Crippen molar-refractivity contribution in [2.24, 2.45) is 5.73 Å². The van der Waals surface area contributed by atoms with E-state index in [1.807, 2.05) is 0 Å². The van der Waals surface area contributed by atoms with E-state index in [0.29, 0.717) is 6.04 Å². The number of hydrogen-bond donors (Lipinski definition) is 2. The van der Waals surface area contributed by atoms with E-state index in [9.17, 15) is 9.59 Å². The van der Waals surface area contributed by atoms with Gasteiger partial charge in [-0.2, -0.15) is 0 Å². The molecule has 0 aromatic rings. The molecule has 1 aliphatic rings. The van der Waals surface area contributed by atoms with Gasteiger partial charge in [0.2, 0.25) is 11.8 Å². The van der Waals surface area contributed by atoms with Crippen LogP contribution in [0.15, 0.2) is 0 Å². The Bertz CT molecular complexity index is 213. The molecule has 1 rings (SSSR count). The zero-order chi connectivity index (χ0) is 9.84. The third-order valence-electron chi connectivity index (χ3n) is 1.92. The number of hydrogen-bond acceptors (Lipinski definition) is 3. The molecular formula is C8H15N3O2. The first-order valence-corrected chi connectivity index (χ1v) is 4.37. The Labute approximate surface area is 77.3 Å². The smallest absolute Gasteiger partial charge is 0.239 e. The van der Waals surface area contributed by atoms with E-state index in [-0.39, 0.29) is 24.9 Å². The molecule has 0 atom stereocenters. The number of likely N-dealkylation sites (N-methyl/N-ethyl adjacent to an activating group) is 1. The van der Waals surface area contributed by atoms with E-state index < -0.39 is 0 Å². The fourth-order valence-electron chi connectivity index (χ4n) is 0.960. The average Bonchev–Trinajstić information content (AvgIpc) is 2.86. The summed E-state index contributed by atoms with van der Waals surface area (Å²) in [5, 5.41) is 2.79. The van der Waals surface area contributed by atoms with Gasteiger partial charge in [0.25, 0.3) is 0 Å². The highest BCUT2D eigenvalue weighted by Gasteiger charge is 2.23. The highest BCUT2D eigenvalue weighted by atomic mass is 16.2. The first-order valence-electron chi connectivity index (χ1n) is 4.37. The minimum absolute atomic E-state index is 0.0484.